The number of hydrogen-bond donors (Lipinski definition) is 0. The maximum Gasteiger partial charge on any atom is 0.313 e. The normalized spacial score (nSPS) is 39.7. The zero-order chi connectivity index (χ0) is 13.9. The summed E-state index contributed by atoms with van der Waals surface area (Å²) in [7, 11) is 0. The molecule has 1 aromatic rings. The zero-order valence-electron chi connectivity index (χ0n) is 12.1. The van der Waals surface area contributed by atoms with Crippen LogP contribution in [0.25, 0.3) is 0 Å². The molecule has 3 nitrogen and oxygen atoms in total. The van der Waals surface area contributed by atoms with Crippen LogP contribution in [0.5, 0.6) is 0 Å². The quantitative estimate of drug-likeness (QED) is 0.679. The molecule has 3 heterocycles. The molecule has 0 N–H and O–H groups in total. The van der Waals surface area contributed by atoms with E-state index in [1.54, 1.807) is 0 Å². The standard InChI is InChI=1S/C17H21NO2/c1-11-15-17(2,16(19)20-11)9-7-14-13-6-4-3-5-12(13)8-10-18(14)15/h3-6,11,14-15H,7-10H2,1-2H3. The van der Waals surface area contributed by atoms with Crippen LogP contribution >= 0.6 is 0 Å². The predicted molar refractivity (Wildman–Crippen MR) is 76.3 cm³/mol. The summed E-state index contributed by atoms with van der Waals surface area (Å²) in [6.45, 7) is 5.19. The van der Waals surface area contributed by atoms with Gasteiger partial charge in [0.2, 0.25) is 0 Å². The average molecular weight is 271 g/mol. The second-order valence-electron chi connectivity index (χ2n) is 6.71. The highest BCUT2D eigenvalue weighted by atomic mass is 16.6. The smallest absolute Gasteiger partial charge is 0.313 e. The highest BCUT2D eigenvalue weighted by molar-refractivity contribution is 5.80. The number of carbonyl (C=O) groups excluding carboxylic acids is 1. The van der Waals surface area contributed by atoms with E-state index in [1.807, 2.05) is 0 Å². The fourth-order valence-electron chi connectivity index (χ4n) is 4.65. The van der Waals surface area contributed by atoms with E-state index in [1.165, 1.54) is 11.1 Å². The second-order valence-corrected chi connectivity index (χ2v) is 6.71. The minimum atomic E-state index is -0.303. The number of rotatable bonds is 0. The van der Waals surface area contributed by atoms with Crippen LogP contribution in [0.1, 0.15) is 43.9 Å². The maximum atomic E-state index is 12.2. The first kappa shape index (κ1) is 12.4. The van der Waals surface area contributed by atoms with E-state index in [2.05, 4.69) is 43.0 Å². The molecule has 4 atom stereocenters. The van der Waals surface area contributed by atoms with Crippen molar-refractivity contribution in [3.8, 4) is 0 Å². The van der Waals surface area contributed by atoms with E-state index in [4.69, 9.17) is 4.74 Å². The van der Waals surface area contributed by atoms with Gasteiger partial charge in [0.15, 0.2) is 0 Å². The summed E-state index contributed by atoms with van der Waals surface area (Å²) < 4.78 is 5.57. The lowest BCUT2D eigenvalue weighted by Crippen LogP contribution is -2.56. The Labute approximate surface area is 119 Å². The maximum absolute atomic E-state index is 12.2. The van der Waals surface area contributed by atoms with E-state index >= 15 is 0 Å². The van der Waals surface area contributed by atoms with Crippen molar-refractivity contribution in [2.24, 2.45) is 5.41 Å². The van der Waals surface area contributed by atoms with Gasteiger partial charge in [0.1, 0.15) is 6.10 Å². The number of fused-ring (bicyclic) bond motifs is 5. The number of nitrogens with zero attached hydrogens (tertiary/aromatic N) is 1. The lowest BCUT2D eigenvalue weighted by atomic mass is 9.70. The van der Waals surface area contributed by atoms with Crippen molar-refractivity contribution in [3.63, 3.8) is 0 Å². The van der Waals surface area contributed by atoms with E-state index in [-0.39, 0.29) is 23.5 Å². The highest BCUT2D eigenvalue weighted by Crippen LogP contribution is 2.51. The van der Waals surface area contributed by atoms with Crippen molar-refractivity contribution < 1.29 is 9.53 Å². The Bertz CT molecular complexity index is 570. The van der Waals surface area contributed by atoms with Gasteiger partial charge in [-0.05, 0) is 44.2 Å². The lowest BCUT2D eigenvalue weighted by Gasteiger charge is -2.50. The van der Waals surface area contributed by atoms with Crippen molar-refractivity contribution in [2.45, 2.75) is 51.3 Å². The van der Waals surface area contributed by atoms with Crippen LogP contribution in [0.4, 0.5) is 0 Å². The minimum absolute atomic E-state index is 0.00677. The third kappa shape index (κ3) is 1.47. The molecule has 3 heteroatoms. The summed E-state index contributed by atoms with van der Waals surface area (Å²) in [5.41, 5.74) is 2.64. The molecule has 4 unspecified atom stereocenters. The molecule has 0 aromatic heterocycles. The second kappa shape index (κ2) is 4.08. The van der Waals surface area contributed by atoms with Gasteiger partial charge in [-0.3, -0.25) is 9.69 Å². The molecule has 20 heavy (non-hydrogen) atoms. The number of piperidine rings is 1. The van der Waals surface area contributed by atoms with E-state index in [9.17, 15) is 4.79 Å². The van der Waals surface area contributed by atoms with Gasteiger partial charge in [-0.2, -0.15) is 0 Å². The van der Waals surface area contributed by atoms with Gasteiger partial charge in [0.05, 0.1) is 11.5 Å². The number of cyclic esters (lactones) is 1. The molecular formula is C17H21NO2. The Morgan fingerprint density at radius 2 is 2.15 bits per heavy atom. The SMILES string of the molecule is CC1OC(=O)C2(C)CCC3c4ccccc4CCN3C12. The molecule has 106 valence electrons. The zero-order valence-corrected chi connectivity index (χ0v) is 12.1. The fourth-order valence-corrected chi connectivity index (χ4v) is 4.65. The summed E-state index contributed by atoms with van der Waals surface area (Å²) in [4.78, 5) is 14.8. The molecule has 0 saturated carbocycles. The van der Waals surface area contributed by atoms with Gasteiger partial charge in [-0.15, -0.1) is 0 Å². The molecule has 2 fully saturated rings. The van der Waals surface area contributed by atoms with Gasteiger partial charge in [-0.25, -0.2) is 0 Å². The summed E-state index contributed by atoms with van der Waals surface area (Å²) in [6, 6.07) is 9.48. The van der Waals surface area contributed by atoms with Crippen molar-refractivity contribution in [1.29, 1.82) is 0 Å². The molecule has 0 spiro atoms. The van der Waals surface area contributed by atoms with Gasteiger partial charge in [0, 0.05) is 12.6 Å². The summed E-state index contributed by atoms with van der Waals surface area (Å²) in [5.74, 6) is 0.00677. The molecule has 3 aliphatic rings. The third-order valence-corrected chi connectivity index (χ3v) is 5.60. The van der Waals surface area contributed by atoms with E-state index in [0.29, 0.717) is 6.04 Å². The average Bonchev–Trinajstić information content (AvgIpc) is 2.69. The van der Waals surface area contributed by atoms with Gasteiger partial charge in [0.25, 0.3) is 0 Å². The van der Waals surface area contributed by atoms with Crippen LogP contribution in [0, 0.1) is 5.41 Å². The van der Waals surface area contributed by atoms with Gasteiger partial charge in [-0.1, -0.05) is 24.3 Å². The summed E-state index contributed by atoms with van der Waals surface area (Å²) in [6.07, 6.45) is 3.10. The Kier molecular flexibility index (Phi) is 2.53. The van der Waals surface area contributed by atoms with Crippen LogP contribution in [0.15, 0.2) is 24.3 Å². The number of ether oxygens (including phenoxy) is 1. The molecule has 0 amide bonds. The Morgan fingerprint density at radius 1 is 1.35 bits per heavy atom. The lowest BCUT2D eigenvalue weighted by molar-refractivity contribution is -0.149. The number of benzene rings is 1. The van der Waals surface area contributed by atoms with Crippen LogP contribution in [-0.2, 0) is 16.0 Å². The first-order chi connectivity index (χ1) is 9.61. The molecule has 0 radical (unpaired) electrons. The Balaban J connectivity index is 1.76. The first-order valence-corrected chi connectivity index (χ1v) is 7.66. The minimum Gasteiger partial charge on any atom is -0.461 e. The molecule has 0 bridgehead atoms. The molecule has 0 aliphatic carbocycles. The van der Waals surface area contributed by atoms with Gasteiger partial charge >= 0.3 is 5.97 Å². The van der Waals surface area contributed by atoms with Gasteiger partial charge < -0.3 is 4.74 Å². The van der Waals surface area contributed by atoms with Crippen LogP contribution in [0.2, 0.25) is 0 Å². The number of hydrogen-bond acceptors (Lipinski definition) is 3. The molecular weight excluding hydrogens is 250 g/mol. The van der Waals surface area contributed by atoms with E-state index in [0.717, 1.165) is 25.8 Å². The van der Waals surface area contributed by atoms with Crippen molar-refractivity contribution in [1.82, 2.24) is 4.90 Å². The molecule has 1 aromatic carbocycles. The predicted octanol–water partition coefficient (Wildman–Crippen LogP) is 2.70. The van der Waals surface area contributed by atoms with Crippen molar-refractivity contribution >= 4 is 5.97 Å². The highest BCUT2D eigenvalue weighted by Gasteiger charge is 2.59. The van der Waals surface area contributed by atoms with Crippen LogP contribution in [-0.4, -0.2) is 29.6 Å². The monoisotopic (exact) mass is 271 g/mol. The van der Waals surface area contributed by atoms with Crippen LogP contribution in [0.3, 0.4) is 0 Å². The van der Waals surface area contributed by atoms with Crippen molar-refractivity contribution in [3.05, 3.63) is 35.4 Å². The molecule has 3 aliphatic heterocycles. The fraction of sp³-hybridized carbons (Fsp3) is 0.588. The summed E-state index contributed by atoms with van der Waals surface area (Å²) >= 11 is 0. The first-order valence-electron chi connectivity index (χ1n) is 7.66. The molecule has 2 saturated heterocycles. The summed E-state index contributed by atoms with van der Waals surface area (Å²) in [5, 5.41) is 0. The Morgan fingerprint density at radius 3 is 3.00 bits per heavy atom. The topological polar surface area (TPSA) is 29.5 Å². The van der Waals surface area contributed by atoms with Crippen LogP contribution < -0.4 is 0 Å². The number of carbonyl (C=O) groups is 1. The largest absolute Gasteiger partial charge is 0.461 e. The molecule has 4 rings (SSSR count). The third-order valence-electron chi connectivity index (χ3n) is 5.60. The van der Waals surface area contributed by atoms with Crippen molar-refractivity contribution in [2.75, 3.05) is 6.54 Å². The Hall–Kier alpha value is -1.35. The number of esters is 1. The van der Waals surface area contributed by atoms with E-state index < -0.39 is 0 Å².